The summed E-state index contributed by atoms with van der Waals surface area (Å²) in [5, 5.41) is 32.4. The van der Waals surface area contributed by atoms with Crippen LogP contribution in [0.4, 0.5) is 0 Å². The summed E-state index contributed by atoms with van der Waals surface area (Å²) in [6.45, 7) is 5.80. The van der Waals surface area contributed by atoms with Crippen molar-refractivity contribution in [3.8, 4) is 0 Å². The van der Waals surface area contributed by atoms with Gasteiger partial charge in [-0.25, -0.2) is 9.59 Å². The smallest absolute Gasteiger partial charge is 0.336 e. The molecule has 11 nitrogen and oxygen atoms in total. The Morgan fingerprint density at radius 2 is 2.00 bits per heavy atom. The number of hydrogen-bond acceptors (Lipinski definition) is 11. The van der Waals surface area contributed by atoms with E-state index in [2.05, 4.69) is 6.58 Å². The Bertz CT molecular complexity index is 962. The van der Waals surface area contributed by atoms with Crippen LogP contribution in [0.3, 0.4) is 0 Å². The van der Waals surface area contributed by atoms with E-state index in [1.54, 1.807) is 6.92 Å². The molecule has 0 saturated carbocycles. The maximum absolute atomic E-state index is 13.2. The number of rotatable bonds is 9. The third kappa shape index (κ3) is 5.61. The first kappa shape index (κ1) is 29.2. The molecule has 37 heavy (non-hydrogen) atoms. The maximum Gasteiger partial charge on any atom is 0.336 e. The second kappa shape index (κ2) is 12.0. The zero-order chi connectivity index (χ0) is 27.5. The van der Waals surface area contributed by atoms with Gasteiger partial charge in [-0.15, -0.1) is 11.6 Å². The highest BCUT2D eigenvalue weighted by molar-refractivity contribution is 6.18. The number of Topliss-reactive ketones (excluding diaryl/α,β-unsaturated/α-hetero) is 1. The summed E-state index contributed by atoms with van der Waals surface area (Å²) in [6, 6.07) is 0. The van der Waals surface area contributed by atoms with Gasteiger partial charge in [-0.3, -0.25) is 9.59 Å². The zero-order valence-electron chi connectivity index (χ0n) is 20.8. The van der Waals surface area contributed by atoms with Gasteiger partial charge in [0.25, 0.3) is 0 Å². The molecule has 3 fully saturated rings. The van der Waals surface area contributed by atoms with E-state index in [0.29, 0.717) is 6.42 Å². The normalized spacial score (nSPS) is 35.6. The van der Waals surface area contributed by atoms with Gasteiger partial charge in [-0.1, -0.05) is 19.6 Å². The molecular formula is C25H33ClO11. The van der Waals surface area contributed by atoms with Gasteiger partial charge in [0.15, 0.2) is 5.78 Å². The maximum atomic E-state index is 13.2. The lowest BCUT2D eigenvalue weighted by Gasteiger charge is -2.37. The minimum atomic E-state index is -1.82. The molecule has 3 rings (SSSR count). The fourth-order valence-corrected chi connectivity index (χ4v) is 5.50. The summed E-state index contributed by atoms with van der Waals surface area (Å²) < 4.78 is 22.2. The summed E-state index contributed by atoms with van der Waals surface area (Å²) in [7, 11) is 0. The number of carbonyl (C=O) groups excluding carboxylic acids is 4. The molecule has 0 spiro atoms. The highest BCUT2D eigenvalue weighted by Crippen LogP contribution is 2.47. The summed E-state index contributed by atoms with van der Waals surface area (Å²) in [5.74, 6) is -6.20. The molecule has 3 N–H and O–H groups in total. The number of aliphatic hydroxyl groups excluding tert-OH is 3. The van der Waals surface area contributed by atoms with E-state index in [9.17, 15) is 34.5 Å². The molecule has 8 atom stereocenters. The van der Waals surface area contributed by atoms with Gasteiger partial charge in [0.2, 0.25) is 0 Å². The topological polar surface area (TPSA) is 166 Å². The average Bonchev–Trinajstić information content (AvgIpc) is 3.43. The van der Waals surface area contributed by atoms with E-state index in [4.69, 9.17) is 30.5 Å². The molecule has 0 aromatic carbocycles. The number of ketones is 1. The number of aliphatic hydroxyl groups is 3. The first-order chi connectivity index (χ1) is 17.5. The summed E-state index contributed by atoms with van der Waals surface area (Å²) >= 11 is 6.21. The lowest BCUT2D eigenvalue weighted by molar-refractivity contribution is -0.179. The van der Waals surface area contributed by atoms with Crippen LogP contribution >= 0.6 is 11.6 Å². The van der Waals surface area contributed by atoms with Crippen molar-refractivity contribution in [2.75, 3.05) is 19.1 Å². The molecule has 0 unspecified atom stereocenters. The molecular weight excluding hydrogens is 512 g/mol. The van der Waals surface area contributed by atoms with Crippen molar-refractivity contribution in [2.24, 2.45) is 11.8 Å². The van der Waals surface area contributed by atoms with Crippen LogP contribution in [0.25, 0.3) is 0 Å². The number of esters is 3. The van der Waals surface area contributed by atoms with E-state index in [-0.39, 0.29) is 42.1 Å². The van der Waals surface area contributed by atoms with Gasteiger partial charge < -0.3 is 34.3 Å². The van der Waals surface area contributed by atoms with Gasteiger partial charge >= 0.3 is 17.9 Å². The van der Waals surface area contributed by atoms with Crippen LogP contribution < -0.4 is 0 Å². The number of carbonyl (C=O) groups is 4. The number of ether oxygens (including phenoxy) is 4. The Hall–Kier alpha value is -2.31. The third-order valence-corrected chi connectivity index (χ3v) is 7.69. The fraction of sp³-hybridized carbons (Fsp3) is 0.680. The van der Waals surface area contributed by atoms with Crippen LogP contribution in [0.5, 0.6) is 0 Å². The molecule has 12 heteroatoms. The quantitative estimate of drug-likeness (QED) is 0.159. The fourth-order valence-electron chi connectivity index (χ4n) is 5.15. The highest BCUT2D eigenvalue weighted by Gasteiger charge is 2.62. The number of halogens is 1. The Kier molecular flexibility index (Phi) is 9.52. The molecule has 0 aliphatic carbocycles. The van der Waals surface area contributed by atoms with E-state index < -0.39 is 79.1 Å². The Labute approximate surface area is 219 Å². The van der Waals surface area contributed by atoms with Crippen LogP contribution in [0, 0.1) is 11.8 Å². The van der Waals surface area contributed by atoms with Crippen molar-refractivity contribution in [3.63, 3.8) is 0 Å². The van der Waals surface area contributed by atoms with Crippen molar-refractivity contribution in [2.45, 2.75) is 75.7 Å². The predicted octanol–water partition coefficient (Wildman–Crippen LogP) is 0.355. The van der Waals surface area contributed by atoms with Gasteiger partial charge in [0, 0.05) is 12.0 Å². The first-order valence-corrected chi connectivity index (χ1v) is 12.7. The lowest BCUT2D eigenvalue weighted by atomic mass is 9.76. The minimum Gasteiger partial charge on any atom is -0.457 e. The monoisotopic (exact) mass is 544 g/mol. The van der Waals surface area contributed by atoms with Crippen molar-refractivity contribution >= 4 is 35.3 Å². The molecule has 3 aliphatic rings. The lowest BCUT2D eigenvalue weighted by Crippen LogP contribution is -2.54. The van der Waals surface area contributed by atoms with E-state index in [1.807, 2.05) is 0 Å². The number of allylic oxidation sites excluding steroid dienone is 1. The highest BCUT2D eigenvalue weighted by atomic mass is 35.5. The second-order valence-corrected chi connectivity index (χ2v) is 9.78. The molecule has 0 amide bonds. The van der Waals surface area contributed by atoms with Gasteiger partial charge in [0.1, 0.15) is 42.5 Å². The van der Waals surface area contributed by atoms with Crippen LogP contribution in [0.2, 0.25) is 0 Å². The molecule has 0 aromatic rings. The molecule has 3 heterocycles. The summed E-state index contributed by atoms with van der Waals surface area (Å²) in [4.78, 5) is 50.6. The van der Waals surface area contributed by atoms with Crippen molar-refractivity contribution in [3.05, 3.63) is 23.8 Å². The van der Waals surface area contributed by atoms with E-state index in [1.165, 1.54) is 13.0 Å². The van der Waals surface area contributed by atoms with Gasteiger partial charge in [0.05, 0.1) is 30.1 Å². The molecule has 0 aromatic heterocycles. The number of hydrogen-bond donors (Lipinski definition) is 3. The standard InChI is InChI=1S/C25H33ClO11/c1-4-6-14(28)10-34-24(33)17-15-7-8-25(11-26,37-15)21(30)20-16(12(3)22(31)36-20)19(18(17)29)35-23(32)13(5-2)9-27/h5,15-21,27,29-30H,3-4,6-11H2,1-2H3/b13-5-/t15-,16+,17-,18-,19-,20-,21+,25-/m0/s1. The zero-order valence-corrected chi connectivity index (χ0v) is 21.5. The van der Waals surface area contributed by atoms with Crippen LogP contribution in [-0.2, 0) is 38.1 Å². The Morgan fingerprint density at radius 3 is 2.59 bits per heavy atom. The Balaban J connectivity index is 2.07. The average molecular weight is 545 g/mol. The van der Waals surface area contributed by atoms with Crippen LogP contribution in [0.1, 0.15) is 39.5 Å². The van der Waals surface area contributed by atoms with Crippen molar-refractivity contribution in [1.29, 1.82) is 0 Å². The largest absolute Gasteiger partial charge is 0.457 e. The summed E-state index contributed by atoms with van der Waals surface area (Å²) in [5.41, 5.74) is -1.78. The third-order valence-electron chi connectivity index (χ3n) is 7.24. The molecule has 3 saturated heterocycles. The van der Waals surface area contributed by atoms with Crippen molar-refractivity contribution in [1.82, 2.24) is 0 Å². The first-order valence-electron chi connectivity index (χ1n) is 12.2. The van der Waals surface area contributed by atoms with Gasteiger partial charge in [-0.05, 0) is 26.2 Å². The van der Waals surface area contributed by atoms with Crippen molar-refractivity contribution < 1.29 is 53.4 Å². The van der Waals surface area contributed by atoms with Crippen LogP contribution in [-0.4, -0.2) is 94.2 Å². The SMILES string of the molecule is C=C1C(=O)O[C@H]2[C@H]1[C@H](OC(=O)/C(=C\C)CO)[C@@H](O)[C@@H](C(=O)OCC(=O)CCC)[C@@H]1CC[C@@](CCl)(O1)[C@@H]2O. The van der Waals surface area contributed by atoms with E-state index >= 15 is 0 Å². The van der Waals surface area contributed by atoms with Gasteiger partial charge in [-0.2, -0.15) is 0 Å². The minimum absolute atomic E-state index is 0.140. The second-order valence-electron chi connectivity index (χ2n) is 9.51. The summed E-state index contributed by atoms with van der Waals surface area (Å²) in [6.07, 6.45) is -4.99. The molecule has 3 aliphatic heterocycles. The predicted molar refractivity (Wildman–Crippen MR) is 127 cm³/mol. The number of alkyl halides is 1. The molecule has 206 valence electrons. The number of fused-ring (bicyclic) bond motifs is 3. The molecule has 0 radical (unpaired) electrons. The Morgan fingerprint density at radius 1 is 1.30 bits per heavy atom. The van der Waals surface area contributed by atoms with Crippen LogP contribution in [0.15, 0.2) is 23.8 Å². The molecule has 2 bridgehead atoms. The van der Waals surface area contributed by atoms with E-state index in [0.717, 1.165) is 0 Å².